The summed E-state index contributed by atoms with van der Waals surface area (Å²) in [5, 5.41) is 0. The van der Waals surface area contributed by atoms with Crippen molar-refractivity contribution in [1.29, 1.82) is 0 Å². The first-order chi connectivity index (χ1) is 9.96. The second-order valence-corrected chi connectivity index (χ2v) is 7.28. The fourth-order valence-electron chi connectivity index (χ4n) is 1.95. The van der Waals surface area contributed by atoms with Crippen molar-refractivity contribution in [2.75, 3.05) is 25.5 Å². The number of amides is 1. The highest BCUT2D eigenvalue weighted by molar-refractivity contribution is 8.23. The average molecular weight is 331 g/mol. The van der Waals surface area contributed by atoms with Gasteiger partial charge in [0.25, 0.3) is 0 Å². The van der Waals surface area contributed by atoms with Crippen LogP contribution in [0, 0.1) is 5.41 Å². The smallest absolute Gasteiger partial charge is 0.312 e. The summed E-state index contributed by atoms with van der Waals surface area (Å²) in [5.74, 6) is 0.388. The van der Waals surface area contributed by atoms with Crippen molar-refractivity contribution < 1.29 is 19.1 Å². The summed E-state index contributed by atoms with van der Waals surface area (Å²) in [7, 11) is 0. The monoisotopic (exact) mass is 331 g/mol. The molecule has 0 radical (unpaired) electrons. The van der Waals surface area contributed by atoms with Gasteiger partial charge in [-0.05, 0) is 19.8 Å². The summed E-state index contributed by atoms with van der Waals surface area (Å²) < 4.78 is 10.9. The fourth-order valence-corrected chi connectivity index (χ4v) is 3.44. The molecular weight excluding hydrogens is 310 g/mol. The van der Waals surface area contributed by atoms with Gasteiger partial charge in [-0.3, -0.25) is 14.5 Å². The molecule has 0 aliphatic carbocycles. The molecular formula is C14H21NO4S2. The minimum atomic E-state index is -0.591. The Kier molecular flexibility index (Phi) is 5.62. The molecule has 21 heavy (non-hydrogen) atoms. The number of likely N-dealkylation sites (tertiary alicyclic amines) is 1. The molecule has 2 atom stereocenters. The maximum atomic E-state index is 12.2. The predicted octanol–water partition coefficient (Wildman–Crippen LogP) is 1.99. The molecule has 7 heteroatoms. The number of carbonyl (C=O) groups is 2. The molecule has 1 amide bonds. The van der Waals surface area contributed by atoms with Crippen LogP contribution in [0.15, 0.2) is 0 Å². The molecule has 0 aromatic heterocycles. The van der Waals surface area contributed by atoms with E-state index in [2.05, 4.69) is 0 Å². The summed E-state index contributed by atoms with van der Waals surface area (Å²) in [6, 6.07) is 0. The number of carbonyl (C=O) groups excluding carboxylic acids is 2. The lowest BCUT2D eigenvalue weighted by Crippen LogP contribution is -2.35. The van der Waals surface area contributed by atoms with E-state index >= 15 is 0 Å². The fraction of sp³-hybridized carbons (Fsp3) is 0.786. The highest BCUT2D eigenvalue weighted by atomic mass is 32.2. The van der Waals surface area contributed by atoms with E-state index in [0.717, 1.165) is 6.42 Å². The third-order valence-corrected chi connectivity index (χ3v) is 5.71. The Morgan fingerprint density at radius 3 is 2.86 bits per heavy atom. The summed E-state index contributed by atoms with van der Waals surface area (Å²) in [5.41, 5.74) is -0.591. The van der Waals surface area contributed by atoms with E-state index in [4.69, 9.17) is 21.7 Å². The van der Waals surface area contributed by atoms with Gasteiger partial charge in [0.05, 0.1) is 12.0 Å². The minimum absolute atomic E-state index is 0.0750. The average Bonchev–Trinajstić information content (AvgIpc) is 3.21. The van der Waals surface area contributed by atoms with Crippen molar-refractivity contribution in [1.82, 2.24) is 4.90 Å². The lowest BCUT2D eigenvalue weighted by atomic mass is 9.90. The standard InChI is InChI=1S/C14H21NO4S2/c1-3-14(2,12(17)19-8-10-7-18-10)9-21-13(20)15-6-4-5-11(15)16/h10H,3-9H2,1-2H3. The number of esters is 1. The number of ether oxygens (including phenoxy) is 2. The molecule has 0 saturated carbocycles. The zero-order chi connectivity index (χ0) is 15.5. The number of hydrogen-bond donors (Lipinski definition) is 0. The highest BCUT2D eigenvalue weighted by Gasteiger charge is 2.36. The molecule has 0 bridgehead atoms. The van der Waals surface area contributed by atoms with Crippen LogP contribution in [0.3, 0.4) is 0 Å². The second-order valence-electron chi connectivity index (χ2n) is 5.67. The number of thiocarbonyl (C=S) groups is 1. The largest absolute Gasteiger partial charge is 0.462 e. The zero-order valence-electron chi connectivity index (χ0n) is 12.4. The van der Waals surface area contributed by atoms with Crippen molar-refractivity contribution in [2.24, 2.45) is 5.41 Å². The molecule has 0 spiro atoms. The zero-order valence-corrected chi connectivity index (χ0v) is 14.1. The maximum absolute atomic E-state index is 12.2. The van der Waals surface area contributed by atoms with E-state index in [-0.39, 0.29) is 18.0 Å². The van der Waals surface area contributed by atoms with Gasteiger partial charge in [0.15, 0.2) is 0 Å². The first kappa shape index (κ1) is 16.7. The molecule has 0 aromatic rings. The van der Waals surface area contributed by atoms with Gasteiger partial charge in [-0.25, -0.2) is 0 Å². The van der Waals surface area contributed by atoms with Crippen LogP contribution < -0.4 is 0 Å². The van der Waals surface area contributed by atoms with Crippen LogP contribution in [-0.4, -0.2) is 52.7 Å². The van der Waals surface area contributed by atoms with E-state index in [1.165, 1.54) is 11.8 Å². The van der Waals surface area contributed by atoms with Gasteiger partial charge >= 0.3 is 5.97 Å². The molecule has 118 valence electrons. The van der Waals surface area contributed by atoms with Crippen LogP contribution in [0.25, 0.3) is 0 Å². The Morgan fingerprint density at radius 2 is 2.33 bits per heavy atom. The second kappa shape index (κ2) is 7.07. The van der Waals surface area contributed by atoms with Gasteiger partial charge in [0.2, 0.25) is 5.91 Å². The normalized spacial score (nSPS) is 23.8. The van der Waals surface area contributed by atoms with Crippen LogP contribution in [0.2, 0.25) is 0 Å². The van der Waals surface area contributed by atoms with Gasteiger partial charge in [-0.1, -0.05) is 30.9 Å². The molecule has 2 aliphatic heterocycles. The molecule has 0 N–H and O–H groups in total. The van der Waals surface area contributed by atoms with Crippen LogP contribution in [0.4, 0.5) is 0 Å². The summed E-state index contributed by atoms with van der Waals surface area (Å²) in [4.78, 5) is 25.5. The lowest BCUT2D eigenvalue weighted by Gasteiger charge is -2.26. The Morgan fingerprint density at radius 1 is 1.62 bits per heavy atom. The quantitative estimate of drug-likeness (QED) is 0.421. The molecule has 2 rings (SSSR count). The SMILES string of the molecule is CCC(C)(CSC(=S)N1CCCC1=O)C(=O)OCC1CO1. The Labute approximate surface area is 134 Å². The number of epoxide rings is 1. The van der Waals surface area contributed by atoms with Crippen molar-refractivity contribution in [2.45, 2.75) is 39.2 Å². The molecule has 5 nitrogen and oxygen atoms in total. The molecule has 2 fully saturated rings. The number of thioether (sulfide) groups is 1. The third kappa shape index (κ3) is 4.40. The molecule has 2 saturated heterocycles. The highest BCUT2D eigenvalue weighted by Crippen LogP contribution is 2.30. The van der Waals surface area contributed by atoms with Crippen LogP contribution in [0.1, 0.15) is 33.1 Å². The molecule has 2 unspecified atom stereocenters. The van der Waals surface area contributed by atoms with E-state index in [1.807, 2.05) is 13.8 Å². The Balaban J connectivity index is 1.83. The van der Waals surface area contributed by atoms with Gasteiger partial charge in [-0.15, -0.1) is 0 Å². The first-order valence-corrected chi connectivity index (χ1v) is 8.61. The van der Waals surface area contributed by atoms with Crippen molar-refractivity contribution in [3.8, 4) is 0 Å². The summed E-state index contributed by atoms with van der Waals surface area (Å²) in [6.45, 7) is 5.53. The minimum Gasteiger partial charge on any atom is -0.462 e. The maximum Gasteiger partial charge on any atom is 0.312 e. The summed E-state index contributed by atoms with van der Waals surface area (Å²) in [6.07, 6.45) is 2.16. The van der Waals surface area contributed by atoms with Gasteiger partial charge in [0.1, 0.15) is 17.0 Å². The first-order valence-electron chi connectivity index (χ1n) is 7.22. The summed E-state index contributed by atoms with van der Waals surface area (Å²) >= 11 is 6.70. The van der Waals surface area contributed by atoms with Crippen molar-refractivity contribution in [3.05, 3.63) is 0 Å². The topological polar surface area (TPSA) is 59.1 Å². The number of nitrogens with zero attached hydrogens (tertiary/aromatic N) is 1. The van der Waals surface area contributed by atoms with Crippen LogP contribution in [-0.2, 0) is 19.1 Å². The van der Waals surface area contributed by atoms with Crippen molar-refractivity contribution >= 4 is 40.2 Å². The van der Waals surface area contributed by atoms with E-state index < -0.39 is 5.41 Å². The van der Waals surface area contributed by atoms with Gasteiger partial charge < -0.3 is 9.47 Å². The van der Waals surface area contributed by atoms with E-state index in [0.29, 0.717) is 42.7 Å². The molecule has 2 heterocycles. The predicted molar refractivity (Wildman–Crippen MR) is 85.1 cm³/mol. The van der Waals surface area contributed by atoms with Crippen molar-refractivity contribution in [3.63, 3.8) is 0 Å². The Bertz CT molecular complexity index is 439. The third-order valence-electron chi connectivity index (χ3n) is 3.88. The lowest BCUT2D eigenvalue weighted by molar-refractivity contribution is -0.154. The van der Waals surface area contributed by atoms with Gasteiger partial charge in [0, 0.05) is 18.7 Å². The Hall–Kier alpha value is -0.660. The van der Waals surface area contributed by atoms with E-state index in [1.54, 1.807) is 4.90 Å². The number of hydrogen-bond acceptors (Lipinski definition) is 6. The molecule has 0 aromatic carbocycles. The number of rotatable bonds is 6. The van der Waals surface area contributed by atoms with Gasteiger partial charge in [-0.2, -0.15) is 0 Å². The van der Waals surface area contributed by atoms with Crippen LogP contribution >= 0.6 is 24.0 Å². The molecule has 2 aliphatic rings. The van der Waals surface area contributed by atoms with E-state index in [9.17, 15) is 9.59 Å². The van der Waals surface area contributed by atoms with Crippen LogP contribution in [0.5, 0.6) is 0 Å².